The highest BCUT2D eigenvalue weighted by molar-refractivity contribution is 6.30. The fourth-order valence-corrected chi connectivity index (χ4v) is 1.10. The first kappa shape index (κ1) is 9.99. The van der Waals surface area contributed by atoms with Crippen LogP contribution in [0, 0.1) is 5.92 Å². The van der Waals surface area contributed by atoms with E-state index in [-0.39, 0.29) is 22.3 Å². The zero-order valence-corrected chi connectivity index (χ0v) is 8.18. The number of H-pyrrole nitrogens is 1. The molecule has 0 radical (unpaired) electrons. The molecule has 4 heteroatoms. The van der Waals surface area contributed by atoms with Crippen molar-refractivity contribution < 1.29 is 4.79 Å². The van der Waals surface area contributed by atoms with E-state index in [4.69, 9.17) is 11.6 Å². The van der Waals surface area contributed by atoms with E-state index in [1.807, 2.05) is 0 Å². The van der Waals surface area contributed by atoms with Crippen molar-refractivity contribution in [1.29, 1.82) is 0 Å². The summed E-state index contributed by atoms with van der Waals surface area (Å²) in [5, 5.41) is 0.0477. The summed E-state index contributed by atoms with van der Waals surface area (Å²) in [6.45, 7) is 3.59. The molecule has 0 unspecified atom stereocenters. The first-order valence-electron chi connectivity index (χ1n) is 3.95. The average Bonchev–Trinajstić information content (AvgIpc) is 2.08. The number of hydrogen-bond donors (Lipinski definition) is 1. The van der Waals surface area contributed by atoms with E-state index >= 15 is 0 Å². The molecule has 1 N–H and O–H groups in total. The number of aromatic nitrogens is 1. The second kappa shape index (κ2) is 3.75. The maximum Gasteiger partial charge on any atom is 0.266 e. The summed E-state index contributed by atoms with van der Waals surface area (Å²) >= 11 is 5.57. The summed E-state index contributed by atoms with van der Waals surface area (Å²) in [5.74, 6) is -0.125. The number of ketones is 1. The molecular weight excluding hydrogens is 190 g/mol. The van der Waals surface area contributed by atoms with Gasteiger partial charge in [-0.3, -0.25) is 9.59 Å². The lowest BCUT2D eigenvalue weighted by Gasteiger charge is -2.02. The highest BCUT2D eigenvalue weighted by Crippen LogP contribution is 2.09. The first-order chi connectivity index (χ1) is 6.02. The molecule has 0 saturated heterocycles. The van der Waals surface area contributed by atoms with E-state index in [1.165, 1.54) is 12.3 Å². The number of Topliss-reactive ketones (excluding diaryl/α,β-unsaturated/α-hetero) is 1. The van der Waals surface area contributed by atoms with Crippen LogP contribution in [0.5, 0.6) is 0 Å². The third-order valence-corrected chi connectivity index (χ3v) is 1.95. The molecule has 1 aromatic heterocycles. The summed E-state index contributed by atoms with van der Waals surface area (Å²) in [6.07, 6.45) is 1.39. The summed E-state index contributed by atoms with van der Waals surface area (Å²) in [6, 6.07) is 1.39. The van der Waals surface area contributed by atoms with Gasteiger partial charge in [0.2, 0.25) is 0 Å². The van der Waals surface area contributed by atoms with Gasteiger partial charge in [0.15, 0.2) is 5.78 Å². The number of rotatable bonds is 2. The van der Waals surface area contributed by atoms with Crippen LogP contribution >= 0.6 is 11.6 Å². The van der Waals surface area contributed by atoms with Crippen molar-refractivity contribution in [2.75, 3.05) is 0 Å². The van der Waals surface area contributed by atoms with Crippen LogP contribution in [0.15, 0.2) is 17.1 Å². The Morgan fingerprint density at radius 2 is 2.15 bits per heavy atom. The Bertz CT molecular complexity index is 381. The number of nitrogens with one attached hydrogen (secondary N) is 1. The summed E-state index contributed by atoms with van der Waals surface area (Å²) in [4.78, 5) is 24.7. The third kappa shape index (κ3) is 2.18. The number of halogens is 1. The number of hydrogen-bond acceptors (Lipinski definition) is 2. The molecule has 0 atom stereocenters. The van der Waals surface area contributed by atoms with Crippen LogP contribution in [0.4, 0.5) is 0 Å². The van der Waals surface area contributed by atoms with E-state index in [1.54, 1.807) is 13.8 Å². The van der Waals surface area contributed by atoms with Gasteiger partial charge in [-0.2, -0.15) is 0 Å². The SMILES string of the molecule is CC(C)C(=O)c1c[nH]c(=O)c(Cl)c1. The lowest BCUT2D eigenvalue weighted by atomic mass is 10.0. The second-order valence-corrected chi connectivity index (χ2v) is 3.49. The van der Waals surface area contributed by atoms with Crippen LogP contribution in [0.2, 0.25) is 5.02 Å². The van der Waals surface area contributed by atoms with Crippen molar-refractivity contribution in [2.45, 2.75) is 13.8 Å². The minimum absolute atomic E-state index is 0.0295. The van der Waals surface area contributed by atoms with Crippen molar-refractivity contribution in [3.63, 3.8) is 0 Å². The number of carbonyl (C=O) groups is 1. The van der Waals surface area contributed by atoms with Crippen LogP contribution in [-0.2, 0) is 0 Å². The Morgan fingerprint density at radius 3 is 2.62 bits per heavy atom. The third-order valence-electron chi connectivity index (χ3n) is 1.67. The van der Waals surface area contributed by atoms with Gasteiger partial charge >= 0.3 is 0 Å². The van der Waals surface area contributed by atoms with E-state index in [9.17, 15) is 9.59 Å². The quantitative estimate of drug-likeness (QED) is 0.740. The van der Waals surface area contributed by atoms with Gasteiger partial charge in [-0.15, -0.1) is 0 Å². The molecule has 0 spiro atoms. The summed E-state index contributed by atoms with van der Waals surface area (Å²) in [7, 11) is 0. The van der Waals surface area contributed by atoms with Crippen molar-refractivity contribution in [2.24, 2.45) is 5.92 Å². The van der Waals surface area contributed by atoms with E-state index in [0.29, 0.717) is 5.56 Å². The zero-order chi connectivity index (χ0) is 10.0. The largest absolute Gasteiger partial charge is 0.327 e. The van der Waals surface area contributed by atoms with Gasteiger partial charge in [0.05, 0.1) is 0 Å². The van der Waals surface area contributed by atoms with Gasteiger partial charge < -0.3 is 4.98 Å². The van der Waals surface area contributed by atoms with Gasteiger partial charge in [-0.05, 0) is 6.07 Å². The second-order valence-electron chi connectivity index (χ2n) is 3.08. The van der Waals surface area contributed by atoms with Crippen LogP contribution < -0.4 is 5.56 Å². The van der Waals surface area contributed by atoms with E-state index in [2.05, 4.69) is 4.98 Å². The Morgan fingerprint density at radius 1 is 1.54 bits per heavy atom. The normalized spacial score (nSPS) is 10.5. The molecule has 0 aliphatic rings. The van der Waals surface area contributed by atoms with Crippen molar-refractivity contribution in [1.82, 2.24) is 4.98 Å². The molecular formula is C9H10ClNO2. The van der Waals surface area contributed by atoms with Crippen LogP contribution in [0.25, 0.3) is 0 Å². The van der Waals surface area contributed by atoms with Crippen LogP contribution in [0.1, 0.15) is 24.2 Å². The van der Waals surface area contributed by atoms with Gasteiger partial charge in [0.25, 0.3) is 5.56 Å². The monoisotopic (exact) mass is 199 g/mol. The maximum absolute atomic E-state index is 11.4. The lowest BCUT2D eigenvalue weighted by molar-refractivity contribution is 0.0939. The molecule has 1 aromatic rings. The first-order valence-corrected chi connectivity index (χ1v) is 4.32. The van der Waals surface area contributed by atoms with Gasteiger partial charge in [-0.25, -0.2) is 0 Å². The van der Waals surface area contributed by atoms with Gasteiger partial charge in [-0.1, -0.05) is 25.4 Å². The molecule has 1 rings (SSSR count). The molecule has 0 aliphatic carbocycles. The molecule has 13 heavy (non-hydrogen) atoms. The fraction of sp³-hybridized carbons (Fsp3) is 0.333. The Hall–Kier alpha value is -1.09. The molecule has 0 saturated carbocycles. The molecule has 0 fully saturated rings. The van der Waals surface area contributed by atoms with Gasteiger partial charge in [0, 0.05) is 17.7 Å². The molecule has 0 aliphatic heterocycles. The highest BCUT2D eigenvalue weighted by atomic mass is 35.5. The number of pyridine rings is 1. The smallest absolute Gasteiger partial charge is 0.266 e. The van der Waals surface area contributed by atoms with Crippen LogP contribution in [-0.4, -0.2) is 10.8 Å². The van der Waals surface area contributed by atoms with Gasteiger partial charge in [0.1, 0.15) is 5.02 Å². The van der Waals surface area contributed by atoms with E-state index < -0.39 is 0 Å². The predicted octanol–water partition coefficient (Wildman–Crippen LogP) is 1.87. The molecule has 0 bridgehead atoms. The van der Waals surface area contributed by atoms with Crippen molar-refractivity contribution in [3.05, 3.63) is 33.2 Å². The maximum atomic E-state index is 11.4. The van der Waals surface area contributed by atoms with Crippen LogP contribution in [0.3, 0.4) is 0 Å². The van der Waals surface area contributed by atoms with E-state index in [0.717, 1.165) is 0 Å². The average molecular weight is 200 g/mol. The predicted molar refractivity (Wildman–Crippen MR) is 51.2 cm³/mol. The fourth-order valence-electron chi connectivity index (χ4n) is 0.932. The number of aromatic amines is 1. The minimum atomic E-state index is -0.373. The highest BCUT2D eigenvalue weighted by Gasteiger charge is 2.11. The molecule has 0 aromatic carbocycles. The number of carbonyl (C=O) groups excluding carboxylic acids is 1. The Labute approximate surface area is 80.7 Å². The molecule has 70 valence electrons. The Kier molecular flexibility index (Phi) is 2.88. The Balaban J connectivity index is 3.11. The lowest BCUT2D eigenvalue weighted by Crippen LogP contribution is -2.12. The molecule has 0 amide bonds. The minimum Gasteiger partial charge on any atom is -0.327 e. The summed E-state index contributed by atoms with van der Waals surface area (Å²) < 4.78 is 0. The topological polar surface area (TPSA) is 49.9 Å². The zero-order valence-electron chi connectivity index (χ0n) is 7.43. The van der Waals surface area contributed by atoms with Crippen molar-refractivity contribution in [3.8, 4) is 0 Å². The molecule has 1 heterocycles. The standard InChI is InChI=1S/C9H10ClNO2/c1-5(2)8(12)6-3-7(10)9(13)11-4-6/h3-5H,1-2H3,(H,11,13). The molecule has 3 nitrogen and oxygen atoms in total. The summed E-state index contributed by atoms with van der Waals surface area (Å²) in [5.41, 5.74) is 0.0709. The van der Waals surface area contributed by atoms with Crippen molar-refractivity contribution >= 4 is 17.4 Å².